The van der Waals surface area contributed by atoms with Crippen LogP contribution in [-0.2, 0) is 16.2 Å². The summed E-state index contributed by atoms with van der Waals surface area (Å²) in [5, 5.41) is 12.4. The standard InChI is InChI=1S/C57H59N3O/c1-35-25-36(2)27-41(26-35)40-23-24-58-49(32-40)43-29-42(30-44(31-43)55(4,5)6)46-19-16-20-51-52(46)59-54(47-33-45(56(7,8)9)34-48(53(47)61)57(10,11)12)60(51)50-22-21-39(28-37(50)3)38-17-14-13-15-18-38/h13-34,61H,1-12H3/i1D3,2D3,3D3. The fourth-order valence-electron chi connectivity index (χ4n) is 8.03. The smallest absolute Gasteiger partial charge is 0.149 e. The Morgan fingerprint density at radius 3 is 1.89 bits per heavy atom. The molecule has 0 amide bonds. The van der Waals surface area contributed by atoms with E-state index in [0.717, 1.165) is 44.5 Å². The van der Waals surface area contributed by atoms with Gasteiger partial charge >= 0.3 is 0 Å². The van der Waals surface area contributed by atoms with Gasteiger partial charge in [-0.05, 0) is 130 Å². The van der Waals surface area contributed by atoms with E-state index in [1.165, 1.54) is 18.2 Å². The highest BCUT2D eigenvalue weighted by Gasteiger charge is 2.29. The van der Waals surface area contributed by atoms with E-state index in [4.69, 9.17) is 22.3 Å². The molecule has 8 aromatic rings. The van der Waals surface area contributed by atoms with E-state index in [9.17, 15) is 5.11 Å². The number of hydrogen-bond donors (Lipinski definition) is 1. The Morgan fingerprint density at radius 2 is 1.21 bits per heavy atom. The summed E-state index contributed by atoms with van der Waals surface area (Å²) >= 11 is 0. The van der Waals surface area contributed by atoms with Gasteiger partial charge in [-0.1, -0.05) is 152 Å². The van der Waals surface area contributed by atoms with E-state index in [-0.39, 0.29) is 33.3 Å². The van der Waals surface area contributed by atoms with E-state index in [1.807, 2.05) is 83.4 Å². The SMILES string of the molecule is [2H]C([2H])([2H])c1cc(-c2ccnc(-c3cc(-c4cccc5c4nc(-c4cc(C(C)(C)C)cc(C(C)(C)C)c4O)n5-c4ccc(-c5ccccc5)cc4C([2H])([2H])[2H])cc(C(C)(C)C)c3)c2)cc(C([2H])([2H])[2H])c1. The van der Waals surface area contributed by atoms with Crippen LogP contribution < -0.4 is 0 Å². The van der Waals surface area contributed by atoms with E-state index >= 15 is 0 Å². The molecule has 61 heavy (non-hydrogen) atoms. The summed E-state index contributed by atoms with van der Waals surface area (Å²) in [6.45, 7) is 11.3. The minimum atomic E-state index is -2.54. The van der Waals surface area contributed by atoms with Gasteiger partial charge in [0.05, 0.1) is 28.0 Å². The van der Waals surface area contributed by atoms with Gasteiger partial charge in [0.2, 0.25) is 0 Å². The lowest BCUT2D eigenvalue weighted by molar-refractivity contribution is 0.446. The Labute approximate surface area is 375 Å². The molecule has 2 heterocycles. The summed E-state index contributed by atoms with van der Waals surface area (Å²) in [6, 6.07) is 39.1. The molecule has 0 aliphatic carbocycles. The van der Waals surface area contributed by atoms with Crippen molar-refractivity contribution in [2.24, 2.45) is 0 Å². The number of aryl methyl sites for hydroxylation is 3. The zero-order chi connectivity index (χ0) is 51.1. The number of nitrogens with zero attached hydrogens (tertiary/aromatic N) is 3. The van der Waals surface area contributed by atoms with Crippen LogP contribution in [0.5, 0.6) is 5.75 Å². The van der Waals surface area contributed by atoms with Gasteiger partial charge in [0.25, 0.3) is 0 Å². The molecule has 0 bridgehead atoms. The van der Waals surface area contributed by atoms with Crippen molar-refractivity contribution in [2.75, 3.05) is 0 Å². The van der Waals surface area contributed by atoms with Crippen molar-refractivity contribution >= 4 is 11.0 Å². The molecule has 8 rings (SSSR count). The Kier molecular flexibility index (Phi) is 7.94. The van der Waals surface area contributed by atoms with Gasteiger partial charge in [-0.15, -0.1) is 0 Å². The topological polar surface area (TPSA) is 50.9 Å². The van der Waals surface area contributed by atoms with Gasteiger partial charge in [-0.25, -0.2) is 4.98 Å². The molecule has 0 saturated carbocycles. The highest BCUT2D eigenvalue weighted by atomic mass is 16.3. The molecule has 0 fully saturated rings. The summed E-state index contributed by atoms with van der Waals surface area (Å²) in [6.07, 6.45) is 1.63. The van der Waals surface area contributed by atoms with Crippen LogP contribution in [0.15, 0.2) is 134 Å². The molecule has 0 aliphatic heterocycles. The van der Waals surface area contributed by atoms with Gasteiger partial charge in [0, 0.05) is 35.2 Å². The summed E-state index contributed by atoms with van der Waals surface area (Å²) in [4.78, 5) is 10.3. The second-order valence-electron chi connectivity index (χ2n) is 19.2. The van der Waals surface area contributed by atoms with Gasteiger partial charge in [-0.2, -0.15) is 0 Å². The average molecular weight is 811 g/mol. The molecule has 0 aliphatic rings. The fraction of sp³-hybridized carbons (Fsp3) is 0.263. The highest BCUT2D eigenvalue weighted by molar-refractivity contribution is 5.97. The number of pyridine rings is 1. The van der Waals surface area contributed by atoms with Crippen molar-refractivity contribution in [3.63, 3.8) is 0 Å². The van der Waals surface area contributed by atoms with Crippen LogP contribution in [0.2, 0.25) is 0 Å². The molecule has 0 spiro atoms. The molecule has 6 aromatic carbocycles. The van der Waals surface area contributed by atoms with E-state index in [1.54, 1.807) is 18.3 Å². The Morgan fingerprint density at radius 1 is 0.525 bits per heavy atom. The van der Waals surface area contributed by atoms with Crippen LogP contribution in [0.3, 0.4) is 0 Å². The number of benzene rings is 6. The lowest BCUT2D eigenvalue weighted by Crippen LogP contribution is -2.17. The molecule has 0 unspecified atom stereocenters. The normalized spacial score (nSPS) is 15.1. The Balaban J connectivity index is 1.42. The first-order chi connectivity index (χ1) is 32.4. The van der Waals surface area contributed by atoms with Crippen molar-refractivity contribution in [3.8, 4) is 67.5 Å². The molecular formula is C57H59N3O. The number of phenols is 1. The number of para-hydroxylation sites is 1. The number of rotatable bonds is 6. The van der Waals surface area contributed by atoms with Crippen LogP contribution in [0.25, 0.3) is 72.7 Å². The van der Waals surface area contributed by atoms with E-state index in [2.05, 4.69) is 80.5 Å². The number of aromatic nitrogens is 3. The minimum absolute atomic E-state index is 0.0632. The number of aromatic hydroxyl groups is 1. The number of imidazole rings is 1. The Bertz CT molecular complexity index is 3250. The fourth-order valence-corrected chi connectivity index (χ4v) is 8.03. The van der Waals surface area contributed by atoms with Gasteiger partial charge in [0.1, 0.15) is 11.6 Å². The molecular weight excluding hydrogens is 743 g/mol. The summed E-state index contributed by atoms with van der Waals surface area (Å²) < 4.78 is 77.4. The average Bonchev–Trinajstić information content (AvgIpc) is 3.66. The summed E-state index contributed by atoms with van der Waals surface area (Å²) in [5.74, 6) is 0.445. The lowest BCUT2D eigenvalue weighted by atomic mass is 9.79. The van der Waals surface area contributed by atoms with E-state index < -0.39 is 26.0 Å². The maximum absolute atomic E-state index is 12.4. The van der Waals surface area contributed by atoms with Crippen LogP contribution in [0.1, 0.15) is 108 Å². The third-order valence-corrected chi connectivity index (χ3v) is 11.5. The molecule has 4 nitrogen and oxygen atoms in total. The van der Waals surface area contributed by atoms with Crippen molar-refractivity contribution in [1.82, 2.24) is 14.5 Å². The predicted molar refractivity (Wildman–Crippen MR) is 258 cm³/mol. The molecule has 4 heteroatoms. The Hall–Kier alpha value is -6.26. The van der Waals surface area contributed by atoms with Crippen molar-refractivity contribution in [2.45, 2.75) is 99.1 Å². The first-order valence-electron chi connectivity index (χ1n) is 25.3. The molecule has 0 radical (unpaired) electrons. The molecule has 2 aromatic heterocycles. The first-order valence-corrected chi connectivity index (χ1v) is 20.8. The van der Waals surface area contributed by atoms with Crippen LogP contribution >= 0.6 is 0 Å². The summed E-state index contributed by atoms with van der Waals surface area (Å²) in [7, 11) is 0. The van der Waals surface area contributed by atoms with E-state index in [0.29, 0.717) is 44.9 Å². The minimum Gasteiger partial charge on any atom is -0.507 e. The molecule has 1 N–H and O–H groups in total. The zero-order valence-corrected chi connectivity index (χ0v) is 36.5. The first kappa shape index (κ1) is 31.6. The molecule has 0 saturated heterocycles. The zero-order valence-electron chi connectivity index (χ0n) is 45.5. The highest BCUT2D eigenvalue weighted by Crippen LogP contribution is 2.45. The van der Waals surface area contributed by atoms with Crippen molar-refractivity contribution < 1.29 is 17.4 Å². The largest absolute Gasteiger partial charge is 0.507 e. The summed E-state index contributed by atoms with van der Waals surface area (Å²) in [5.41, 5.74) is 9.24. The second kappa shape index (κ2) is 15.3. The predicted octanol–water partition coefficient (Wildman–Crippen LogP) is 15.3. The van der Waals surface area contributed by atoms with Crippen LogP contribution in [0, 0.1) is 20.6 Å². The maximum atomic E-state index is 12.4. The monoisotopic (exact) mass is 811 g/mol. The quantitative estimate of drug-likeness (QED) is 0.182. The number of phenolic OH excluding ortho intramolecular Hbond substituents is 1. The molecule has 0 atom stereocenters. The van der Waals surface area contributed by atoms with Gasteiger partial charge < -0.3 is 5.11 Å². The second-order valence-corrected chi connectivity index (χ2v) is 19.2. The number of hydrogen-bond acceptors (Lipinski definition) is 3. The third kappa shape index (κ3) is 8.16. The van der Waals surface area contributed by atoms with Crippen LogP contribution in [0.4, 0.5) is 0 Å². The van der Waals surface area contributed by atoms with Gasteiger partial charge in [0.15, 0.2) is 0 Å². The third-order valence-electron chi connectivity index (χ3n) is 11.5. The number of fused-ring (bicyclic) bond motifs is 1. The molecule has 308 valence electrons. The van der Waals surface area contributed by atoms with Crippen LogP contribution in [-0.4, -0.2) is 19.6 Å². The lowest BCUT2D eigenvalue weighted by Gasteiger charge is -2.27. The van der Waals surface area contributed by atoms with Crippen molar-refractivity contribution in [3.05, 3.63) is 167 Å². The maximum Gasteiger partial charge on any atom is 0.149 e. The van der Waals surface area contributed by atoms with Crippen molar-refractivity contribution in [1.29, 1.82) is 0 Å². The van der Waals surface area contributed by atoms with Gasteiger partial charge in [-0.3, -0.25) is 9.55 Å².